The summed E-state index contributed by atoms with van der Waals surface area (Å²) in [6, 6.07) is 54.7. The molecule has 0 heterocycles. The zero-order valence-corrected chi connectivity index (χ0v) is 34.1. The number of benzene rings is 9. The Balaban J connectivity index is 0.967. The standard InChI is InChI=1S/C60H44/c1-5-10-37(3)49-26-18-39-24-32-55-51(28-20-41-22-30-53(49)57(39)59(41)55)47-16-8-14-45(35-47)43-12-7-13-44(34-43)46-15-9-17-48(36-46)52-29-21-42-23-31-54-50(38(4)11-6-2)27-19-40-25-33-56(52)60(42)58(40)54/h5-30,32-36,54H,1,4,31H2,2-3H3/b11-6-,37-10+. The number of rotatable bonds is 8. The molecule has 0 aromatic heterocycles. The molecule has 60 heavy (non-hydrogen) atoms. The van der Waals surface area contributed by atoms with Crippen LogP contribution in [-0.2, 0) is 0 Å². The summed E-state index contributed by atoms with van der Waals surface area (Å²) in [6.45, 7) is 12.6. The van der Waals surface area contributed by atoms with Gasteiger partial charge in [-0.3, -0.25) is 0 Å². The molecule has 0 bridgehead atoms. The Kier molecular flexibility index (Phi) is 8.50. The SMILES string of the molecule is C=C/C=C(\C)c1ccc2ccc3c(-c4cccc(-c5cccc(-c6cccc(-c7ccc8c9c%10c(ccc79)=CC=C(C(=C)/C=C\C)C%10CC=8)c6)c5)c4)ccc4ccc1c2c43. The fourth-order valence-corrected chi connectivity index (χ4v) is 10.3. The first-order valence-corrected chi connectivity index (χ1v) is 21.1. The van der Waals surface area contributed by atoms with Crippen LogP contribution in [0.4, 0.5) is 0 Å². The highest BCUT2D eigenvalue weighted by atomic mass is 14.3. The van der Waals surface area contributed by atoms with Crippen LogP contribution in [0.25, 0.3) is 105 Å². The Bertz CT molecular complexity index is 3510. The van der Waals surface area contributed by atoms with Crippen molar-refractivity contribution < 1.29 is 0 Å². The fourth-order valence-electron chi connectivity index (χ4n) is 10.3. The lowest BCUT2D eigenvalue weighted by molar-refractivity contribution is 0.833. The van der Waals surface area contributed by atoms with Crippen molar-refractivity contribution in [2.24, 2.45) is 0 Å². The summed E-state index contributed by atoms with van der Waals surface area (Å²) in [4.78, 5) is 0. The lowest BCUT2D eigenvalue weighted by atomic mass is 9.75. The van der Waals surface area contributed by atoms with Crippen LogP contribution in [0.5, 0.6) is 0 Å². The number of hydrogen-bond acceptors (Lipinski definition) is 0. The Morgan fingerprint density at radius 1 is 0.567 bits per heavy atom. The molecule has 0 N–H and O–H groups in total. The van der Waals surface area contributed by atoms with Crippen molar-refractivity contribution in [1.82, 2.24) is 0 Å². The smallest absolute Gasteiger partial charge is 0.0142 e. The van der Waals surface area contributed by atoms with Gasteiger partial charge in [0, 0.05) is 5.92 Å². The van der Waals surface area contributed by atoms with E-state index >= 15 is 0 Å². The minimum atomic E-state index is 0.323. The summed E-state index contributed by atoms with van der Waals surface area (Å²) in [6.07, 6.45) is 16.2. The first-order valence-electron chi connectivity index (χ1n) is 21.1. The monoisotopic (exact) mass is 764 g/mol. The summed E-state index contributed by atoms with van der Waals surface area (Å²) in [5.74, 6) is 0.323. The summed E-state index contributed by atoms with van der Waals surface area (Å²) < 4.78 is 0. The van der Waals surface area contributed by atoms with E-state index in [1.807, 2.05) is 6.08 Å². The van der Waals surface area contributed by atoms with Crippen LogP contribution in [0.15, 0.2) is 200 Å². The van der Waals surface area contributed by atoms with Gasteiger partial charge in [-0.05, 0) is 164 Å². The molecule has 0 amide bonds. The van der Waals surface area contributed by atoms with Crippen molar-refractivity contribution in [3.8, 4) is 44.5 Å². The van der Waals surface area contributed by atoms with Gasteiger partial charge in [-0.25, -0.2) is 0 Å². The Morgan fingerprint density at radius 2 is 1.10 bits per heavy atom. The van der Waals surface area contributed by atoms with Crippen LogP contribution in [0.1, 0.15) is 37.3 Å². The van der Waals surface area contributed by atoms with Crippen molar-refractivity contribution in [2.45, 2.75) is 26.2 Å². The van der Waals surface area contributed by atoms with Crippen LogP contribution in [-0.4, -0.2) is 0 Å². The van der Waals surface area contributed by atoms with Crippen molar-refractivity contribution in [3.63, 3.8) is 0 Å². The van der Waals surface area contributed by atoms with E-state index < -0.39 is 0 Å². The zero-order chi connectivity index (χ0) is 40.5. The molecule has 9 aromatic rings. The molecule has 0 nitrogen and oxygen atoms in total. The molecule has 284 valence electrons. The van der Waals surface area contributed by atoms with Gasteiger partial charge in [0.25, 0.3) is 0 Å². The lowest BCUT2D eigenvalue weighted by Gasteiger charge is -2.28. The Hall–Kier alpha value is -7.28. The van der Waals surface area contributed by atoms with Crippen molar-refractivity contribution in [2.75, 3.05) is 0 Å². The average Bonchev–Trinajstić information content (AvgIpc) is 3.30. The van der Waals surface area contributed by atoms with Crippen LogP contribution >= 0.6 is 0 Å². The first kappa shape index (κ1) is 35.8. The second kappa shape index (κ2) is 14.2. The molecule has 0 radical (unpaired) electrons. The molecular weight excluding hydrogens is 721 g/mol. The normalized spacial score (nSPS) is 14.8. The minimum absolute atomic E-state index is 0.323. The van der Waals surface area contributed by atoms with E-state index in [0.29, 0.717) is 5.92 Å². The van der Waals surface area contributed by atoms with Crippen LogP contribution in [0.3, 0.4) is 0 Å². The van der Waals surface area contributed by atoms with Crippen molar-refractivity contribution in [3.05, 3.63) is 222 Å². The molecule has 0 heteroatoms. The highest BCUT2D eigenvalue weighted by Crippen LogP contribution is 2.43. The quantitative estimate of drug-likeness (QED) is 0.107. The van der Waals surface area contributed by atoms with Gasteiger partial charge >= 0.3 is 0 Å². The second-order valence-corrected chi connectivity index (χ2v) is 16.5. The van der Waals surface area contributed by atoms with E-state index in [1.165, 1.54) is 120 Å². The molecule has 9 aromatic carbocycles. The van der Waals surface area contributed by atoms with Crippen LogP contribution in [0, 0.1) is 0 Å². The van der Waals surface area contributed by atoms with Crippen LogP contribution in [0.2, 0.25) is 0 Å². The summed E-state index contributed by atoms with van der Waals surface area (Å²) in [5.41, 5.74) is 16.2. The van der Waals surface area contributed by atoms with Gasteiger partial charge in [-0.15, -0.1) is 0 Å². The molecule has 11 rings (SSSR count). The fraction of sp³-hybridized carbons (Fsp3) is 0.0667. The topological polar surface area (TPSA) is 0 Å². The summed E-state index contributed by atoms with van der Waals surface area (Å²) >= 11 is 0. The zero-order valence-electron chi connectivity index (χ0n) is 34.1. The van der Waals surface area contributed by atoms with E-state index in [-0.39, 0.29) is 0 Å². The summed E-state index contributed by atoms with van der Waals surface area (Å²) in [7, 11) is 0. The molecule has 2 aliphatic rings. The summed E-state index contributed by atoms with van der Waals surface area (Å²) in [5, 5.41) is 13.1. The number of allylic oxidation sites excluding steroid dienone is 8. The predicted octanol–water partition coefficient (Wildman–Crippen LogP) is 15.1. The maximum atomic E-state index is 4.43. The largest absolute Gasteiger partial charge is 0.0991 e. The van der Waals surface area contributed by atoms with Gasteiger partial charge in [0.1, 0.15) is 0 Å². The van der Waals surface area contributed by atoms with Gasteiger partial charge in [-0.2, -0.15) is 0 Å². The highest BCUT2D eigenvalue weighted by molar-refractivity contribution is 6.27. The van der Waals surface area contributed by atoms with E-state index in [1.54, 1.807) is 0 Å². The molecule has 0 spiro atoms. The highest BCUT2D eigenvalue weighted by Gasteiger charge is 2.26. The first-order chi connectivity index (χ1) is 29.5. The van der Waals surface area contributed by atoms with Gasteiger partial charge < -0.3 is 0 Å². The molecule has 0 saturated heterocycles. The Labute approximate surface area is 351 Å². The third-order valence-corrected chi connectivity index (χ3v) is 13.1. The van der Waals surface area contributed by atoms with Gasteiger partial charge in [0.15, 0.2) is 0 Å². The van der Waals surface area contributed by atoms with E-state index in [0.717, 1.165) is 12.0 Å². The number of hydrogen-bond donors (Lipinski definition) is 0. The van der Waals surface area contributed by atoms with Gasteiger partial charge in [0.2, 0.25) is 0 Å². The van der Waals surface area contributed by atoms with Crippen molar-refractivity contribution in [1.29, 1.82) is 0 Å². The Morgan fingerprint density at radius 3 is 1.77 bits per heavy atom. The molecule has 1 atom stereocenters. The third kappa shape index (κ3) is 5.67. The molecule has 0 fully saturated rings. The van der Waals surface area contributed by atoms with Gasteiger partial charge in [0.05, 0.1) is 0 Å². The molecule has 0 saturated carbocycles. The van der Waals surface area contributed by atoms with Crippen LogP contribution < -0.4 is 10.4 Å². The van der Waals surface area contributed by atoms with Gasteiger partial charge in [-0.1, -0.05) is 183 Å². The lowest BCUT2D eigenvalue weighted by Crippen LogP contribution is -2.25. The molecular formula is C60H44. The minimum Gasteiger partial charge on any atom is -0.0991 e. The van der Waals surface area contributed by atoms with Crippen molar-refractivity contribution >= 4 is 60.8 Å². The third-order valence-electron chi connectivity index (χ3n) is 13.1. The molecule has 2 aliphatic carbocycles. The van der Waals surface area contributed by atoms with E-state index in [2.05, 4.69) is 209 Å². The van der Waals surface area contributed by atoms with E-state index in [9.17, 15) is 0 Å². The maximum absolute atomic E-state index is 4.43. The molecule has 1 unspecified atom stereocenters. The maximum Gasteiger partial charge on any atom is 0.0142 e. The predicted molar refractivity (Wildman–Crippen MR) is 261 cm³/mol. The average molecular weight is 765 g/mol. The molecule has 0 aliphatic heterocycles. The van der Waals surface area contributed by atoms with E-state index in [4.69, 9.17) is 0 Å². The second-order valence-electron chi connectivity index (χ2n) is 16.5.